The van der Waals surface area contributed by atoms with E-state index in [4.69, 9.17) is 11.6 Å². The largest absolute Gasteiger partial charge is 0.248 e. The van der Waals surface area contributed by atoms with Crippen LogP contribution < -0.4 is 0 Å². The van der Waals surface area contributed by atoms with Crippen molar-refractivity contribution >= 4 is 11.6 Å². The average molecular weight is 258 g/mol. The van der Waals surface area contributed by atoms with Crippen LogP contribution in [0.5, 0.6) is 0 Å². The predicted molar refractivity (Wildman–Crippen MR) is 59.9 cm³/mol. The summed E-state index contributed by atoms with van der Waals surface area (Å²) in [5.74, 6) is -0.712. The summed E-state index contributed by atoms with van der Waals surface area (Å²) in [5.41, 5.74) is 1.12. The molecule has 1 aromatic heterocycles. The van der Waals surface area contributed by atoms with Gasteiger partial charge in [0.15, 0.2) is 0 Å². The summed E-state index contributed by atoms with van der Waals surface area (Å²) in [7, 11) is 0. The number of halogens is 3. The lowest BCUT2D eigenvalue weighted by Crippen LogP contribution is -2.03. The summed E-state index contributed by atoms with van der Waals surface area (Å²) >= 11 is 5.57. The third kappa shape index (κ3) is 3.00. The van der Waals surface area contributed by atoms with Crippen molar-refractivity contribution in [2.75, 3.05) is 5.88 Å². The van der Waals surface area contributed by atoms with Crippen LogP contribution in [0.3, 0.4) is 0 Å². The van der Waals surface area contributed by atoms with Crippen molar-refractivity contribution < 1.29 is 8.78 Å². The monoisotopic (exact) mass is 257 g/mol. The van der Waals surface area contributed by atoms with Crippen LogP contribution >= 0.6 is 11.6 Å². The van der Waals surface area contributed by atoms with Crippen LogP contribution in [0, 0.1) is 11.6 Å². The molecule has 0 spiro atoms. The van der Waals surface area contributed by atoms with E-state index < -0.39 is 11.6 Å². The molecule has 1 aromatic carbocycles. The van der Waals surface area contributed by atoms with Gasteiger partial charge in [0.2, 0.25) is 0 Å². The van der Waals surface area contributed by atoms with Crippen LogP contribution in [0.15, 0.2) is 24.4 Å². The van der Waals surface area contributed by atoms with E-state index in [1.807, 2.05) is 0 Å². The number of nitrogens with zero attached hydrogens (tertiary/aromatic N) is 3. The summed E-state index contributed by atoms with van der Waals surface area (Å²) in [5, 5.41) is 7.72. The molecule has 0 unspecified atom stereocenters. The maximum atomic E-state index is 13.4. The van der Waals surface area contributed by atoms with Crippen molar-refractivity contribution in [3.05, 3.63) is 47.3 Å². The Balaban J connectivity index is 2.13. The number of benzene rings is 1. The molecule has 0 aliphatic carbocycles. The lowest BCUT2D eigenvalue weighted by atomic mass is 10.2. The molecule has 0 saturated carbocycles. The van der Waals surface area contributed by atoms with Gasteiger partial charge in [0.1, 0.15) is 11.6 Å². The molecule has 0 aliphatic heterocycles. The fraction of sp³-hybridized carbons (Fsp3) is 0.273. The van der Waals surface area contributed by atoms with Crippen LogP contribution in [0.2, 0.25) is 0 Å². The first-order valence-corrected chi connectivity index (χ1v) is 5.61. The summed E-state index contributed by atoms with van der Waals surface area (Å²) in [6.07, 6.45) is 2.32. The summed E-state index contributed by atoms with van der Waals surface area (Å²) in [6, 6.07) is 3.47. The minimum atomic E-state index is -0.590. The molecule has 2 rings (SSSR count). The second kappa shape index (κ2) is 5.23. The van der Waals surface area contributed by atoms with Crippen LogP contribution in [0.1, 0.15) is 11.3 Å². The molecule has 90 valence electrons. The fourth-order valence-corrected chi connectivity index (χ4v) is 1.65. The van der Waals surface area contributed by atoms with Crippen LogP contribution in [-0.4, -0.2) is 20.9 Å². The highest BCUT2D eigenvalue weighted by Crippen LogP contribution is 2.11. The molecule has 0 aliphatic rings. The van der Waals surface area contributed by atoms with Gasteiger partial charge in [-0.3, -0.25) is 0 Å². The Morgan fingerprint density at radius 2 is 2.12 bits per heavy atom. The van der Waals surface area contributed by atoms with Gasteiger partial charge in [-0.05, 0) is 6.07 Å². The van der Waals surface area contributed by atoms with E-state index in [2.05, 4.69) is 10.3 Å². The Hall–Kier alpha value is -1.49. The molecule has 6 heteroatoms. The van der Waals surface area contributed by atoms with E-state index in [9.17, 15) is 8.78 Å². The Labute approximate surface area is 102 Å². The lowest BCUT2D eigenvalue weighted by Gasteiger charge is -2.02. The minimum absolute atomic E-state index is 0.224. The molecule has 0 bridgehead atoms. The van der Waals surface area contributed by atoms with Crippen molar-refractivity contribution in [3.63, 3.8) is 0 Å². The number of hydrogen-bond acceptors (Lipinski definition) is 2. The van der Waals surface area contributed by atoms with Crippen molar-refractivity contribution in [1.29, 1.82) is 0 Å². The van der Waals surface area contributed by atoms with Gasteiger partial charge in [0, 0.05) is 30.1 Å². The van der Waals surface area contributed by atoms with Crippen LogP contribution in [-0.2, 0) is 13.0 Å². The van der Waals surface area contributed by atoms with E-state index in [-0.39, 0.29) is 6.54 Å². The first-order chi connectivity index (χ1) is 8.19. The number of rotatable bonds is 4. The maximum Gasteiger partial charge on any atom is 0.131 e. The van der Waals surface area contributed by atoms with Gasteiger partial charge in [-0.1, -0.05) is 11.3 Å². The van der Waals surface area contributed by atoms with E-state index in [0.29, 0.717) is 17.9 Å². The first-order valence-electron chi connectivity index (χ1n) is 5.08. The zero-order valence-electron chi connectivity index (χ0n) is 8.91. The van der Waals surface area contributed by atoms with Crippen molar-refractivity contribution in [2.45, 2.75) is 13.0 Å². The van der Waals surface area contributed by atoms with Crippen LogP contribution in [0.4, 0.5) is 8.78 Å². The fourth-order valence-electron chi connectivity index (χ4n) is 1.45. The molecule has 0 atom stereocenters. The average Bonchev–Trinajstić information content (AvgIpc) is 2.71. The van der Waals surface area contributed by atoms with Gasteiger partial charge in [-0.15, -0.1) is 16.7 Å². The molecule has 2 aromatic rings. The number of aromatic nitrogens is 3. The Bertz CT molecular complexity index is 513. The summed E-state index contributed by atoms with van der Waals surface area (Å²) in [6.45, 7) is 0.224. The predicted octanol–water partition coefficient (Wildman–Crippen LogP) is 2.39. The molecule has 0 amide bonds. The molecule has 0 N–H and O–H groups in total. The normalized spacial score (nSPS) is 10.8. The third-order valence-corrected chi connectivity index (χ3v) is 2.47. The minimum Gasteiger partial charge on any atom is -0.248 e. The van der Waals surface area contributed by atoms with E-state index in [1.165, 1.54) is 16.8 Å². The molecule has 0 radical (unpaired) electrons. The molecule has 1 heterocycles. The number of aryl methyl sites for hydroxylation is 1. The number of hydrogen-bond donors (Lipinski definition) is 0. The first kappa shape index (κ1) is 12.0. The molecule has 3 nitrogen and oxygen atoms in total. The molecule has 0 saturated heterocycles. The standard InChI is InChI=1S/C11H10ClF2N3/c12-4-3-10-7-17(16-15-10)6-8-1-2-9(13)5-11(8)14/h1-2,5,7H,3-4,6H2. The smallest absolute Gasteiger partial charge is 0.131 e. The Kier molecular flexibility index (Phi) is 3.68. The van der Waals surface area contributed by atoms with Gasteiger partial charge in [0.25, 0.3) is 0 Å². The van der Waals surface area contributed by atoms with E-state index in [0.717, 1.165) is 11.8 Å². The molecular weight excluding hydrogens is 248 g/mol. The van der Waals surface area contributed by atoms with Crippen molar-refractivity contribution in [2.24, 2.45) is 0 Å². The lowest BCUT2D eigenvalue weighted by molar-refractivity contribution is 0.554. The van der Waals surface area contributed by atoms with Gasteiger partial charge in [-0.25, -0.2) is 13.5 Å². The SMILES string of the molecule is Fc1ccc(Cn2cc(CCCl)nn2)c(F)c1. The highest BCUT2D eigenvalue weighted by Gasteiger charge is 2.06. The molecular formula is C11H10ClF2N3. The zero-order chi connectivity index (χ0) is 12.3. The highest BCUT2D eigenvalue weighted by molar-refractivity contribution is 6.17. The van der Waals surface area contributed by atoms with Gasteiger partial charge < -0.3 is 0 Å². The van der Waals surface area contributed by atoms with E-state index >= 15 is 0 Å². The van der Waals surface area contributed by atoms with Gasteiger partial charge in [-0.2, -0.15) is 0 Å². The van der Waals surface area contributed by atoms with Crippen LogP contribution in [0.25, 0.3) is 0 Å². The summed E-state index contributed by atoms with van der Waals surface area (Å²) in [4.78, 5) is 0. The topological polar surface area (TPSA) is 30.7 Å². The van der Waals surface area contributed by atoms with Gasteiger partial charge >= 0.3 is 0 Å². The Morgan fingerprint density at radius 1 is 1.29 bits per heavy atom. The Morgan fingerprint density at radius 3 is 2.82 bits per heavy atom. The summed E-state index contributed by atoms with van der Waals surface area (Å²) < 4.78 is 27.6. The number of alkyl halides is 1. The van der Waals surface area contributed by atoms with E-state index in [1.54, 1.807) is 6.20 Å². The van der Waals surface area contributed by atoms with Crippen molar-refractivity contribution in [1.82, 2.24) is 15.0 Å². The highest BCUT2D eigenvalue weighted by atomic mass is 35.5. The molecule has 0 fully saturated rings. The van der Waals surface area contributed by atoms with Gasteiger partial charge in [0.05, 0.1) is 12.2 Å². The second-order valence-corrected chi connectivity index (χ2v) is 3.96. The second-order valence-electron chi connectivity index (χ2n) is 3.58. The molecule has 17 heavy (non-hydrogen) atoms. The quantitative estimate of drug-likeness (QED) is 0.788. The van der Waals surface area contributed by atoms with Crippen molar-refractivity contribution in [3.8, 4) is 0 Å². The third-order valence-electron chi connectivity index (χ3n) is 2.28. The zero-order valence-corrected chi connectivity index (χ0v) is 9.66. The maximum absolute atomic E-state index is 13.4.